The van der Waals surface area contributed by atoms with E-state index >= 15 is 0 Å². The maximum atomic E-state index is 14.0. The largest absolute Gasteiger partial charge is 0.497 e. The number of rotatable bonds is 7. The van der Waals surface area contributed by atoms with Crippen LogP contribution in [0.3, 0.4) is 0 Å². The van der Waals surface area contributed by atoms with Gasteiger partial charge in [0.05, 0.1) is 34.5 Å². The van der Waals surface area contributed by atoms with Crippen molar-refractivity contribution in [1.82, 2.24) is 4.57 Å². The number of carbonyl (C=O) groups is 2. The fourth-order valence-corrected chi connectivity index (χ4v) is 6.05. The van der Waals surface area contributed by atoms with Gasteiger partial charge in [0.25, 0.3) is 11.5 Å². The van der Waals surface area contributed by atoms with Crippen LogP contribution in [-0.4, -0.2) is 28.7 Å². The summed E-state index contributed by atoms with van der Waals surface area (Å²) in [6.07, 6.45) is 1.60. The number of amides is 1. The molecule has 0 unspecified atom stereocenters. The average molecular weight is 592 g/mol. The van der Waals surface area contributed by atoms with Crippen molar-refractivity contribution in [2.45, 2.75) is 13.0 Å². The molecule has 9 nitrogen and oxygen atoms in total. The number of thiazole rings is 1. The van der Waals surface area contributed by atoms with Crippen LogP contribution in [0.2, 0.25) is 0 Å². The van der Waals surface area contributed by atoms with Gasteiger partial charge in [-0.3, -0.25) is 14.2 Å². The van der Waals surface area contributed by atoms with Gasteiger partial charge in [-0.15, -0.1) is 0 Å². The Hall–Kier alpha value is -5.48. The number of nitrogens with one attached hydrogen (secondary N) is 1. The summed E-state index contributed by atoms with van der Waals surface area (Å²) in [4.78, 5) is 44.4. The highest BCUT2D eigenvalue weighted by Crippen LogP contribution is 2.32. The van der Waals surface area contributed by atoms with Crippen LogP contribution < -0.4 is 24.9 Å². The number of anilines is 1. The highest BCUT2D eigenvalue weighted by molar-refractivity contribution is 7.07. The number of methoxy groups -OCH3 is 1. The van der Waals surface area contributed by atoms with Crippen molar-refractivity contribution < 1.29 is 23.8 Å². The zero-order valence-electron chi connectivity index (χ0n) is 23.1. The maximum Gasteiger partial charge on any atom is 0.336 e. The van der Waals surface area contributed by atoms with Crippen molar-refractivity contribution >= 4 is 35.0 Å². The van der Waals surface area contributed by atoms with Crippen LogP contribution in [0.5, 0.6) is 5.75 Å². The van der Waals surface area contributed by atoms with E-state index in [1.54, 1.807) is 74.7 Å². The molecule has 10 heteroatoms. The summed E-state index contributed by atoms with van der Waals surface area (Å²) in [7, 11) is 1.57. The van der Waals surface area contributed by atoms with E-state index in [9.17, 15) is 19.5 Å². The molecule has 2 N–H and O–H groups in total. The minimum absolute atomic E-state index is 0.110. The maximum absolute atomic E-state index is 14.0. The molecule has 0 spiro atoms. The highest BCUT2D eigenvalue weighted by atomic mass is 32.1. The number of para-hydroxylation sites is 1. The average Bonchev–Trinajstić information content (AvgIpc) is 3.61. The number of carboxylic acids is 1. The normalized spacial score (nSPS) is 14.7. The molecule has 3 heterocycles. The minimum Gasteiger partial charge on any atom is -0.497 e. The lowest BCUT2D eigenvalue weighted by atomic mass is 9.95. The molecule has 0 fully saturated rings. The molecular weight excluding hydrogens is 566 g/mol. The number of benzene rings is 3. The third-order valence-corrected chi connectivity index (χ3v) is 8.04. The van der Waals surface area contributed by atoms with Gasteiger partial charge in [-0.25, -0.2) is 9.79 Å². The van der Waals surface area contributed by atoms with Gasteiger partial charge >= 0.3 is 5.97 Å². The van der Waals surface area contributed by atoms with E-state index in [4.69, 9.17) is 9.15 Å². The van der Waals surface area contributed by atoms with E-state index in [1.807, 2.05) is 30.3 Å². The van der Waals surface area contributed by atoms with Crippen molar-refractivity contribution in [1.29, 1.82) is 0 Å². The number of fused-ring (bicyclic) bond motifs is 1. The number of hydrogen-bond acceptors (Lipinski definition) is 7. The third kappa shape index (κ3) is 5.31. The molecule has 43 heavy (non-hydrogen) atoms. The van der Waals surface area contributed by atoms with Gasteiger partial charge in [0.15, 0.2) is 4.80 Å². The zero-order chi connectivity index (χ0) is 30.1. The first-order valence-electron chi connectivity index (χ1n) is 13.3. The lowest BCUT2D eigenvalue weighted by Gasteiger charge is -2.25. The van der Waals surface area contributed by atoms with Gasteiger partial charge in [0.2, 0.25) is 0 Å². The van der Waals surface area contributed by atoms with E-state index in [-0.39, 0.29) is 17.0 Å². The Bertz CT molecular complexity index is 2070. The topological polar surface area (TPSA) is 123 Å². The van der Waals surface area contributed by atoms with Crippen molar-refractivity contribution in [2.24, 2.45) is 4.99 Å². The second-order valence-electron chi connectivity index (χ2n) is 9.73. The lowest BCUT2D eigenvalue weighted by molar-refractivity contribution is -0.113. The molecule has 1 aliphatic heterocycles. The van der Waals surface area contributed by atoms with Crippen LogP contribution in [0.1, 0.15) is 34.6 Å². The van der Waals surface area contributed by atoms with Crippen LogP contribution in [0.4, 0.5) is 5.69 Å². The monoisotopic (exact) mass is 591 g/mol. The highest BCUT2D eigenvalue weighted by Gasteiger charge is 2.32. The van der Waals surface area contributed by atoms with E-state index in [2.05, 4.69) is 10.3 Å². The number of nitrogens with zero attached hydrogens (tertiary/aromatic N) is 2. The molecule has 1 aliphatic rings. The number of aromatic nitrogens is 1. The molecule has 0 aliphatic carbocycles. The molecule has 0 saturated carbocycles. The van der Waals surface area contributed by atoms with Crippen LogP contribution in [0.25, 0.3) is 17.4 Å². The third-order valence-electron chi connectivity index (χ3n) is 7.05. The molecule has 0 radical (unpaired) electrons. The smallest absolute Gasteiger partial charge is 0.336 e. The number of hydrogen-bond donors (Lipinski definition) is 2. The van der Waals surface area contributed by atoms with Crippen molar-refractivity contribution in [3.8, 4) is 17.1 Å². The van der Waals surface area contributed by atoms with Crippen molar-refractivity contribution in [3.63, 3.8) is 0 Å². The Labute approximate surface area is 249 Å². The second kappa shape index (κ2) is 11.4. The van der Waals surface area contributed by atoms with E-state index in [0.717, 1.165) is 0 Å². The van der Waals surface area contributed by atoms with Crippen molar-refractivity contribution in [2.75, 3.05) is 12.4 Å². The summed E-state index contributed by atoms with van der Waals surface area (Å²) in [5, 5.41) is 12.5. The fraction of sp³-hybridized carbons (Fsp3) is 0.0909. The van der Waals surface area contributed by atoms with Gasteiger partial charge in [-0.2, -0.15) is 0 Å². The summed E-state index contributed by atoms with van der Waals surface area (Å²) < 4.78 is 13.2. The van der Waals surface area contributed by atoms with Crippen molar-refractivity contribution in [3.05, 3.63) is 139 Å². The van der Waals surface area contributed by atoms with E-state index in [0.29, 0.717) is 54.7 Å². The SMILES string of the molecule is COc1ccc([C@H]2C(C(=O)Nc3ccccc3)=C(C)N=c3s/c(=C/c4ccc(-c5ccccc5C(=O)O)o4)c(=O)n32)cc1. The molecule has 214 valence electrons. The first-order chi connectivity index (χ1) is 20.8. The lowest BCUT2D eigenvalue weighted by Crippen LogP contribution is -2.40. The number of ether oxygens (including phenoxy) is 1. The molecule has 3 aromatic carbocycles. The first kappa shape index (κ1) is 27.7. The Morgan fingerprint density at radius 1 is 1.00 bits per heavy atom. The van der Waals surface area contributed by atoms with E-state index < -0.39 is 12.0 Å². The fourth-order valence-electron chi connectivity index (χ4n) is 5.02. The predicted octanol–water partition coefficient (Wildman–Crippen LogP) is 4.84. The van der Waals surface area contributed by atoms with Crippen LogP contribution in [-0.2, 0) is 4.79 Å². The summed E-state index contributed by atoms with van der Waals surface area (Å²) in [5.74, 6) is -0.0495. The molecule has 5 aromatic rings. The van der Waals surface area contributed by atoms with Gasteiger partial charge in [0, 0.05) is 17.3 Å². The number of furan rings is 1. The second-order valence-corrected chi connectivity index (χ2v) is 10.7. The Morgan fingerprint density at radius 3 is 2.44 bits per heavy atom. The molecule has 0 bridgehead atoms. The van der Waals surface area contributed by atoms with Gasteiger partial charge in [-0.05, 0) is 55.0 Å². The Kier molecular flexibility index (Phi) is 7.35. The summed E-state index contributed by atoms with van der Waals surface area (Å²) in [6, 6.07) is 25.5. The van der Waals surface area contributed by atoms with Gasteiger partial charge < -0.3 is 19.6 Å². The standard InChI is InChI=1S/C33H25N3O6S/c1-19-28(30(37)35-21-8-4-3-5-9-21)29(20-12-14-22(41-2)15-13-20)36-31(38)27(43-33(36)34-19)18-23-16-17-26(42-23)24-10-6-7-11-25(24)32(39)40/h3-18,29H,1-2H3,(H,35,37)(H,39,40)/b27-18+/t29-/m0/s1. The molecular formula is C33H25N3O6S. The summed E-state index contributed by atoms with van der Waals surface area (Å²) in [6.45, 7) is 1.76. The molecule has 0 saturated heterocycles. The first-order valence-corrected chi connectivity index (χ1v) is 14.1. The number of aromatic carboxylic acids is 1. The summed E-state index contributed by atoms with van der Waals surface area (Å²) >= 11 is 1.18. The van der Waals surface area contributed by atoms with Gasteiger partial charge in [0.1, 0.15) is 17.3 Å². The number of carbonyl (C=O) groups excluding carboxylic acids is 1. The van der Waals surface area contributed by atoms with Crippen LogP contribution in [0, 0.1) is 0 Å². The summed E-state index contributed by atoms with van der Waals surface area (Å²) in [5.41, 5.74) is 2.37. The minimum atomic E-state index is -1.07. The molecule has 2 aromatic heterocycles. The molecule has 1 amide bonds. The Balaban J connectivity index is 1.45. The molecule has 6 rings (SSSR count). The number of allylic oxidation sites excluding steroid dienone is 1. The van der Waals surface area contributed by atoms with Gasteiger partial charge in [-0.1, -0.05) is 59.9 Å². The predicted molar refractivity (Wildman–Crippen MR) is 163 cm³/mol. The molecule has 1 atom stereocenters. The van der Waals surface area contributed by atoms with Crippen LogP contribution in [0.15, 0.2) is 116 Å². The quantitative estimate of drug-likeness (QED) is 0.279. The van der Waals surface area contributed by atoms with E-state index in [1.165, 1.54) is 22.0 Å². The zero-order valence-corrected chi connectivity index (χ0v) is 23.9. The number of carboxylic acid groups (broad SMARTS) is 1. The Morgan fingerprint density at radius 2 is 1.72 bits per heavy atom. The van der Waals surface area contributed by atoms with Crippen LogP contribution >= 0.6 is 11.3 Å².